The molecule has 120 valence electrons. The van der Waals surface area contributed by atoms with E-state index < -0.39 is 6.10 Å². The standard InChI is InChI=1S/C18H20N2O3/c1-11(10-15(21)16-8-5-9-23-16)19-18(22)17-12(2)20-14-7-4-3-6-13(14)17/h3-9,11,15,20-21H,10H2,1-2H3,(H,19,22). The van der Waals surface area contributed by atoms with Gasteiger partial charge >= 0.3 is 0 Å². The van der Waals surface area contributed by atoms with Gasteiger partial charge in [-0.1, -0.05) is 18.2 Å². The first-order valence-corrected chi connectivity index (χ1v) is 7.66. The number of nitrogens with one attached hydrogen (secondary N) is 2. The van der Waals surface area contributed by atoms with Gasteiger partial charge in [-0.3, -0.25) is 4.79 Å². The van der Waals surface area contributed by atoms with Gasteiger partial charge < -0.3 is 19.8 Å². The Morgan fingerprint density at radius 3 is 2.83 bits per heavy atom. The Bertz CT molecular complexity index is 805. The number of H-pyrrole nitrogens is 1. The SMILES string of the molecule is Cc1[nH]c2ccccc2c1C(=O)NC(C)CC(O)c1ccco1. The number of aryl methyl sites for hydroxylation is 1. The summed E-state index contributed by atoms with van der Waals surface area (Å²) in [6.45, 7) is 3.76. The third-order valence-corrected chi connectivity index (χ3v) is 3.95. The van der Waals surface area contributed by atoms with Crippen molar-refractivity contribution in [2.45, 2.75) is 32.4 Å². The van der Waals surface area contributed by atoms with Gasteiger partial charge in [-0.25, -0.2) is 0 Å². The summed E-state index contributed by atoms with van der Waals surface area (Å²) in [5, 5.41) is 13.9. The first-order valence-electron chi connectivity index (χ1n) is 7.66. The van der Waals surface area contributed by atoms with Crippen LogP contribution in [-0.4, -0.2) is 22.0 Å². The molecular weight excluding hydrogens is 292 g/mol. The number of para-hydroxylation sites is 1. The van der Waals surface area contributed by atoms with E-state index in [-0.39, 0.29) is 11.9 Å². The van der Waals surface area contributed by atoms with Crippen LogP contribution in [0.1, 0.15) is 41.3 Å². The van der Waals surface area contributed by atoms with E-state index >= 15 is 0 Å². The van der Waals surface area contributed by atoms with Crippen LogP contribution in [0.5, 0.6) is 0 Å². The Labute approximate surface area is 134 Å². The lowest BCUT2D eigenvalue weighted by Crippen LogP contribution is -2.34. The van der Waals surface area contributed by atoms with Gasteiger partial charge in [-0.2, -0.15) is 0 Å². The lowest BCUT2D eigenvalue weighted by molar-refractivity contribution is 0.0904. The van der Waals surface area contributed by atoms with Crippen LogP contribution in [0.25, 0.3) is 10.9 Å². The van der Waals surface area contributed by atoms with Crippen molar-refractivity contribution >= 4 is 16.8 Å². The number of aliphatic hydroxyl groups excluding tert-OH is 1. The van der Waals surface area contributed by atoms with Crippen LogP contribution >= 0.6 is 0 Å². The van der Waals surface area contributed by atoms with Crippen LogP contribution in [0.15, 0.2) is 47.1 Å². The van der Waals surface area contributed by atoms with Crippen molar-refractivity contribution < 1.29 is 14.3 Å². The number of carbonyl (C=O) groups excluding carboxylic acids is 1. The lowest BCUT2D eigenvalue weighted by atomic mass is 10.1. The van der Waals surface area contributed by atoms with Crippen molar-refractivity contribution in [3.8, 4) is 0 Å². The van der Waals surface area contributed by atoms with Crippen LogP contribution in [0.3, 0.4) is 0 Å². The van der Waals surface area contributed by atoms with Crippen LogP contribution in [0.2, 0.25) is 0 Å². The van der Waals surface area contributed by atoms with Gasteiger partial charge in [-0.05, 0) is 32.0 Å². The predicted octanol–water partition coefficient (Wildman–Crippen LogP) is 3.31. The van der Waals surface area contributed by atoms with E-state index in [1.165, 1.54) is 6.26 Å². The summed E-state index contributed by atoms with van der Waals surface area (Å²) in [6.07, 6.45) is 1.18. The zero-order valence-corrected chi connectivity index (χ0v) is 13.2. The first kappa shape index (κ1) is 15.4. The maximum Gasteiger partial charge on any atom is 0.253 e. The lowest BCUT2D eigenvalue weighted by Gasteiger charge is -2.17. The second-order valence-electron chi connectivity index (χ2n) is 5.81. The van der Waals surface area contributed by atoms with Gasteiger partial charge in [0, 0.05) is 29.1 Å². The number of furan rings is 1. The number of fused-ring (bicyclic) bond motifs is 1. The highest BCUT2D eigenvalue weighted by atomic mass is 16.4. The third-order valence-electron chi connectivity index (χ3n) is 3.95. The summed E-state index contributed by atoms with van der Waals surface area (Å²) >= 11 is 0. The quantitative estimate of drug-likeness (QED) is 0.676. The molecule has 0 bridgehead atoms. The number of carbonyl (C=O) groups is 1. The van der Waals surface area contributed by atoms with Crippen molar-refractivity contribution in [2.75, 3.05) is 0 Å². The van der Waals surface area contributed by atoms with Gasteiger partial charge in [-0.15, -0.1) is 0 Å². The number of aromatic amines is 1. The molecule has 3 rings (SSSR count). The maximum atomic E-state index is 12.6. The van der Waals surface area contributed by atoms with E-state index in [0.717, 1.165) is 16.6 Å². The van der Waals surface area contributed by atoms with Gasteiger partial charge in [0.15, 0.2) is 0 Å². The molecule has 23 heavy (non-hydrogen) atoms. The van der Waals surface area contributed by atoms with Crippen molar-refractivity contribution in [3.63, 3.8) is 0 Å². The molecule has 5 heteroatoms. The fourth-order valence-corrected chi connectivity index (χ4v) is 2.86. The molecule has 0 saturated carbocycles. The Kier molecular flexibility index (Phi) is 4.21. The van der Waals surface area contributed by atoms with Gasteiger partial charge in [0.2, 0.25) is 0 Å². The highest BCUT2D eigenvalue weighted by molar-refractivity contribution is 6.08. The van der Waals surface area contributed by atoms with Gasteiger partial charge in [0.05, 0.1) is 11.8 Å². The second kappa shape index (κ2) is 6.30. The van der Waals surface area contributed by atoms with Crippen LogP contribution < -0.4 is 5.32 Å². The Hall–Kier alpha value is -2.53. The molecule has 0 aliphatic carbocycles. The molecule has 0 radical (unpaired) electrons. The molecule has 2 atom stereocenters. The van der Waals surface area contributed by atoms with Crippen molar-refractivity contribution in [1.29, 1.82) is 0 Å². The largest absolute Gasteiger partial charge is 0.467 e. The van der Waals surface area contributed by atoms with Crippen LogP contribution in [0, 0.1) is 6.92 Å². The minimum Gasteiger partial charge on any atom is -0.467 e. The first-order chi connectivity index (χ1) is 11.1. The molecule has 2 heterocycles. The Balaban J connectivity index is 1.72. The minimum absolute atomic E-state index is 0.140. The number of aromatic nitrogens is 1. The molecule has 3 aromatic rings. The smallest absolute Gasteiger partial charge is 0.253 e. The van der Waals surface area contributed by atoms with E-state index in [4.69, 9.17) is 4.42 Å². The molecule has 0 fully saturated rings. The van der Waals surface area contributed by atoms with Gasteiger partial charge in [0.25, 0.3) is 5.91 Å². The average molecular weight is 312 g/mol. The molecule has 5 nitrogen and oxygen atoms in total. The van der Waals surface area contributed by atoms with E-state index in [2.05, 4.69) is 10.3 Å². The molecule has 2 unspecified atom stereocenters. The van der Waals surface area contributed by atoms with Crippen molar-refractivity contribution in [3.05, 3.63) is 59.7 Å². The number of hydrogen-bond acceptors (Lipinski definition) is 3. The van der Waals surface area contributed by atoms with Gasteiger partial charge in [0.1, 0.15) is 11.9 Å². The highest BCUT2D eigenvalue weighted by Crippen LogP contribution is 2.23. The summed E-state index contributed by atoms with van der Waals surface area (Å²) in [5.41, 5.74) is 2.43. The second-order valence-corrected chi connectivity index (χ2v) is 5.81. The van der Waals surface area contributed by atoms with E-state index in [1.54, 1.807) is 12.1 Å². The minimum atomic E-state index is -0.732. The number of benzene rings is 1. The number of hydrogen-bond donors (Lipinski definition) is 3. The third kappa shape index (κ3) is 3.14. The van der Waals surface area contributed by atoms with E-state index in [0.29, 0.717) is 17.7 Å². The van der Waals surface area contributed by atoms with Crippen LogP contribution in [-0.2, 0) is 0 Å². The van der Waals surface area contributed by atoms with Crippen molar-refractivity contribution in [2.24, 2.45) is 0 Å². The Morgan fingerprint density at radius 2 is 2.09 bits per heavy atom. The normalized spacial score (nSPS) is 13.9. The number of rotatable bonds is 5. The summed E-state index contributed by atoms with van der Waals surface area (Å²) in [6, 6.07) is 11.0. The molecule has 3 N–H and O–H groups in total. The molecule has 2 aromatic heterocycles. The average Bonchev–Trinajstić information content (AvgIpc) is 3.13. The maximum absolute atomic E-state index is 12.6. The van der Waals surface area contributed by atoms with E-state index in [1.807, 2.05) is 38.1 Å². The number of aliphatic hydroxyl groups is 1. The fourth-order valence-electron chi connectivity index (χ4n) is 2.86. The van der Waals surface area contributed by atoms with E-state index in [9.17, 15) is 9.90 Å². The van der Waals surface area contributed by atoms with Crippen molar-refractivity contribution in [1.82, 2.24) is 10.3 Å². The topological polar surface area (TPSA) is 78.3 Å². The fraction of sp³-hybridized carbons (Fsp3) is 0.278. The zero-order valence-electron chi connectivity index (χ0n) is 13.2. The number of amides is 1. The van der Waals surface area contributed by atoms with Crippen LogP contribution in [0.4, 0.5) is 0 Å². The molecule has 0 aliphatic heterocycles. The monoisotopic (exact) mass is 312 g/mol. The summed E-state index contributed by atoms with van der Waals surface area (Å²) in [4.78, 5) is 15.8. The summed E-state index contributed by atoms with van der Waals surface area (Å²) in [7, 11) is 0. The molecular formula is C18H20N2O3. The molecule has 1 aromatic carbocycles. The Morgan fingerprint density at radius 1 is 1.30 bits per heavy atom. The summed E-state index contributed by atoms with van der Waals surface area (Å²) in [5.74, 6) is 0.369. The molecule has 0 saturated heterocycles. The predicted molar refractivity (Wildman–Crippen MR) is 88.2 cm³/mol. The highest BCUT2D eigenvalue weighted by Gasteiger charge is 2.20. The molecule has 0 aliphatic rings. The molecule has 1 amide bonds. The molecule has 0 spiro atoms. The zero-order chi connectivity index (χ0) is 16.4. The summed E-state index contributed by atoms with van der Waals surface area (Å²) < 4.78 is 5.18.